The minimum atomic E-state index is -0.896. The predicted octanol–water partition coefficient (Wildman–Crippen LogP) is 3.20. The van der Waals surface area contributed by atoms with Crippen molar-refractivity contribution in [1.82, 2.24) is 5.06 Å². The van der Waals surface area contributed by atoms with Gasteiger partial charge in [0.05, 0.1) is 6.61 Å². The van der Waals surface area contributed by atoms with Crippen molar-refractivity contribution in [3.8, 4) is 0 Å². The molecule has 1 aliphatic carbocycles. The van der Waals surface area contributed by atoms with Crippen LogP contribution in [0.4, 0.5) is 0 Å². The number of ketones is 1. The molecule has 9 nitrogen and oxygen atoms in total. The molecule has 0 spiro atoms. The Kier molecular flexibility index (Phi) is 6.33. The van der Waals surface area contributed by atoms with E-state index in [4.69, 9.17) is 28.4 Å². The first-order valence-corrected chi connectivity index (χ1v) is 11.7. The summed E-state index contributed by atoms with van der Waals surface area (Å²) in [7, 11) is 0. The largest absolute Gasteiger partial charge is 0.489 e. The van der Waals surface area contributed by atoms with Gasteiger partial charge in [0.15, 0.2) is 23.6 Å². The van der Waals surface area contributed by atoms with E-state index in [1.165, 1.54) is 12.3 Å². The maximum Gasteiger partial charge on any atom is 0.191 e. The molecule has 3 aliphatic heterocycles. The number of nitrogens with zero attached hydrogens (tertiary/aromatic N) is 1. The highest BCUT2D eigenvalue weighted by Gasteiger charge is 2.60. The predicted molar refractivity (Wildman–Crippen MR) is 123 cm³/mol. The molecule has 3 heterocycles. The average molecular weight is 486 g/mol. The maximum atomic E-state index is 12.7. The highest BCUT2D eigenvalue weighted by atomic mass is 16.8. The molecular weight excluding hydrogens is 454 g/mol. The molecule has 1 aromatic rings. The van der Waals surface area contributed by atoms with Gasteiger partial charge in [-0.1, -0.05) is 30.3 Å². The Labute approximate surface area is 204 Å². The van der Waals surface area contributed by atoms with E-state index in [1.807, 2.05) is 58.0 Å². The first-order chi connectivity index (χ1) is 16.6. The summed E-state index contributed by atoms with van der Waals surface area (Å²) < 4.78 is 35.7. The molecule has 1 N–H and O–H groups in total. The van der Waals surface area contributed by atoms with Gasteiger partial charge in [0.2, 0.25) is 0 Å². The molecular formula is C26H31NO8. The lowest BCUT2D eigenvalue weighted by Crippen LogP contribution is -2.40. The molecule has 9 heteroatoms. The lowest BCUT2D eigenvalue weighted by molar-refractivity contribution is -0.255. The summed E-state index contributed by atoms with van der Waals surface area (Å²) in [4.78, 5) is 12.7. The number of fused-ring (bicyclic) bond motifs is 1. The van der Waals surface area contributed by atoms with Gasteiger partial charge in [-0.25, -0.2) is 5.06 Å². The zero-order valence-corrected chi connectivity index (χ0v) is 20.2. The second kappa shape index (κ2) is 9.16. The zero-order chi connectivity index (χ0) is 24.8. The third-order valence-electron chi connectivity index (χ3n) is 6.23. The number of hydrogen-bond acceptors (Lipinski definition) is 9. The number of carbonyl (C=O) groups excluding carboxylic acids is 1. The number of hydroxylamine groups is 2. The van der Waals surface area contributed by atoms with E-state index in [9.17, 15) is 10.0 Å². The molecule has 5 atom stereocenters. The van der Waals surface area contributed by atoms with Crippen LogP contribution in [-0.2, 0) is 39.8 Å². The molecule has 0 saturated carbocycles. The number of benzene rings is 1. The molecule has 3 saturated heterocycles. The van der Waals surface area contributed by atoms with Gasteiger partial charge in [-0.05, 0) is 45.4 Å². The monoisotopic (exact) mass is 485 g/mol. The summed E-state index contributed by atoms with van der Waals surface area (Å²) in [6.07, 6.45) is 3.16. The van der Waals surface area contributed by atoms with Crippen LogP contribution in [-0.4, -0.2) is 64.9 Å². The maximum absolute atomic E-state index is 12.7. The Morgan fingerprint density at radius 3 is 2.46 bits per heavy atom. The van der Waals surface area contributed by atoms with E-state index in [-0.39, 0.29) is 17.5 Å². The summed E-state index contributed by atoms with van der Waals surface area (Å²) in [5.74, 6) is -1.43. The van der Waals surface area contributed by atoms with Crippen LogP contribution in [0.5, 0.6) is 0 Å². The van der Waals surface area contributed by atoms with Crippen LogP contribution in [0.2, 0.25) is 0 Å². The van der Waals surface area contributed by atoms with Crippen LogP contribution < -0.4 is 0 Å². The van der Waals surface area contributed by atoms with Crippen molar-refractivity contribution in [3.05, 3.63) is 71.7 Å². The Hall–Kier alpha value is -2.53. The number of allylic oxidation sites excluding steroid dienone is 4. The van der Waals surface area contributed by atoms with Crippen molar-refractivity contribution in [1.29, 1.82) is 0 Å². The van der Waals surface area contributed by atoms with Crippen molar-refractivity contribution in [2.45, 2.75) is 76.5 Å². The third kappa shape index (κ3) is 5.20. The fourth-order valence-electron chi connectivity index (χ4n) is 4.67. The number of hydrogen-bond donors (Lipinski definition) is 1. The lowest BCUT2D eigenvalue weighted by Gasteiger charge is -2.29. The highest BCUT2D eigenvalue weighted by Crippen LogP contribution is 2.43. The Morgan fingerprint density at radius 1 is 1.03 bits per heavy atom. The number of rotatable bonds is 6. The van der Waals surface area contributed by atoms with Crippen LogP contribution >= 0.6 is 0 Å². The average Bonchev–Trinajstić information content (AvgIpc) is 3.43. The van der Waals surface area contributed by atoms with Crippen LogP contribution in [0, 0.1) is 0 Å². The van der Waals surface area contributed by atoms with Gasteiger partial charge in [-0.15, -0.1) is 0 Å². The summed E-state index contributed by atoms with van der Waals surface area (Å²) in [6, 6.07) is 9.69. The summed E-state index contributed by atoms with van der Waals surface area (Å²) >= 11 is 0. The molecule has 3 fully saturated rings. The molecule has 1 unspecified atom stereocenters. The molecule has 4 aliphatic rings. The zero-order valence-electron chi connectivity index (χ0n) is 20.2. The van der Waals surface area contributed by atoms with Crippen molar-refractivity contribution in [3.63, 3.8) is 0 Å². The molecule has 0 bridgehead atoms. The Balaban J connectivity index is 1.27. The fraction of sp³-hybridized carbons (Fsp3) is 0.500. The molecule has 1 aromatic carbocycles. The van der Waals surface area contributed by atoms with E-state index < -0.39 is 36.1 Å². The van der Waals surface area contributed by atoms with E-state index in [0.29, 0.717) is 19.0 Å². The fourth-order valence-corrected chi connectivity index (χ4v) is 4.67. The van der Waals surface area contributed by atoms with Crippen LogP contribution in [0.1, 0.15) is 33.3 Å². The molecule has 188 valence electrons. The minimum Gasteiger partial charge on any atom is -0.489 e. The van der Waals surface area contributed by atoms with Gasteiger partial charge >= 0.3 is 0 Å². The number of carbonyl (C=O) groups is 1. The van der Waals surface area contributed by atoms with Crippen LogP contribution in [0.3, 0.4) is 0 Å². The first kappa shape index (κ1) is 24.2. The SMILES string of the molecule is CC1(C)O[C@H]2[C@@H]([C@H]3COC(C)(C)O3)OC(N(O)/C=C3\C=CC(OCc4ccccc4)=CC3=O)[C@H]2O1. The van der Waals surface area contributed by atoms with Crippen molar-refractivity contribution >= 4 is 5.78 Å². The van der Waals surface area contributed by atoms with Crippen LogP contribution in [0.15, 0.2) is 66.1 Å². The van der Waals surface area contributed by atoms with Gasteiger partial charge in [-0.2, -0.15) is 0 Å². The third-order valence-corrected chi connectivity index (χ3v) is 6.23. The molecule has 0 aromatic heterocycles. The normalized spacial score (nSPS) is 34.2. The van der Waals surface area contributed by atoms with Crippen molar-refractivity contribution < 1.29 is 38.4 Å². The summed E-state index contributed by atoms with van der Waals surface area (Å²) in [5.41, 5.74) is 1.28. The van der Waals surface area contributed by atoms with Gasteiger partial charge in [0.1, 0.15) is 36.8 Å². The second-order valence-electron chi connectivity index (χ2n) is 9.91. The van der Waals surface area contributed by atoms with E-state index in [0.717, 1.165) is 10.6 Å². The van der Waals surface area contributed by atoms with Crippen molar-refractivity contribution in [2.75, 3.05) is 6.61 Å². The molecule has 35 heavy (non-hydrogen) atoms. The summed E-state index contributed by atoms with van der Waals surface area (Å²) in [6.45, 7) is 7.98. The smallest absolute Gasteiger partial charge is 0.191 e. The summed E-state index contributed by atoms with van der Waals surface area (Å²) in [5, 5.41) is 11.8. The van der Waals surface area contributed by atoms with E-state index in [1.54, 1.807) is 12.2 Å². The topological polar surface area (TPSA) is 95.9 Å². The van der Waals surface area contributed by atoms with Gasteiger partial charge in [0, 0.05) is 17.8 Å². The van der Waals surface area contributed by atoms with Crippen LogP contribution in [0.25, 0.3) is 0 Å². The number of ether oxygens (including phenoxy) is 6. The first-order valence-electron chi connectivity index (χ1n) is 11.7. The molecule has 0 amide bonds. The Morgan fingerprint density at radius 2 is 1.77 bits per heavy atom. The molecule has 5 rings (SSSR count). The van der Waals surface area contributed by atoms with E-state index in [2.05, 4.69) is 0 Å². The quantitative estimate of drug-likeness (QED) is 0.481. The van der Waals surface area contributed by atoms with Gasteiger partial charge in [-0.3, -0.25) is 10.0 Å². The van der Waals surface area contributed by atoms with Gasteiger partial charge in [0.25, 0.3) is 0 Å². The highest BCUT2D eigenvalue weighted by molar-refractivity contribution is 6.07. The molecule has 0 radical (unpaired) electrons. The minimum absolute atomic E-state index is 0.280. The lowest BCUT2D eigenvalue weighted by atomic mass is 10.1. The Bertz CT molecular complexity index is 1050. The standard InChI is InChI=1S/C26H31NO8/c1-25(2)31-15-20(33-25)21-22-23(35-26(3,4)34-22)24(32-21)27(29)13-17-10-11-18(12-19(17)28)30-14-16-8-6-5-7-9-16/h5-13,20-24,29H,14-15H2,1-4H3/b17-13+/t20-,21-,22+,23+,24?/m1/s1. The second-order valence-corrected chi connectivity index (χ2v) is 9.91. The van der Waals surface area contributed by atoms with Crippen molar-refractivity contribution in [2.24, 2.45) is 0 Å². The van der Waals surface area contributed by atoms with E-state index >= 15 is 0 Å². The van der Waals surface area contributed by atoms with Gasteiger partial charge < -0.3 is 28.4 Å².